The van der Waals surface area contributed by atoms with E-state index in [1.54, 1.807) is 0 Å². The first-order valence-corrected chi connectivity index (χ1v) is 9.49. The summed E-state index contributed by atoms with van der Waals surface area (Å²) in [7, 11) is 1.47. The Morgan fingerprint density at radius 1 is 1.07 bits per heavy atom. The Morgan fingerprint density at radius 3 is 2.21 bits per heavy atom. The van der Waals surface area contributed by atoms with Crippen molar-refractivity contribution in [1.82, 2.24) is 26.2 Å². The number of carbonyl (C=O) groups excluding carboxylic acids is 5. The van der Waals surface area contributed by atoms with Crippen LogP contribution in [-0.2, 0) is 19.2 Å². The largest absolute Gasteiger partial charge is 0.357 e. The van der Waals surface area contributed by atoms with Gasteiger partial charge in [0.25, 0.3) is 11.8 Å². The molecule has 6 amide bonds. The highest BCUT2D eigenvalue weighted by Crippen LogP contribution is 2.06. The second kappa shape index (κ2) is 11.8. The molecule has 11 heteroatoms. The molecule has 29 heavy (non-hydrogen) atoms. The summed E-state index contributed by atoms with van der Waals surface area (Å²) >= 11 is 0. The van der Waals surface area contributed by atoms with Gasteiger partial charge >= 0.3 is 6.03 Å². The van der Waals surface area contributed by atoms with E-state index < -0.39 is 18.1 Å². The fourth-order valence-corrected chi connectivity index (χ4v) is 2.84. The quantitative estimate of drug-likeness (QED) is 0.188. The molecule has 162 valence electrons. The van der Waals surface area contributed by atoms with E-state index in [9.17, 15) is 24.0 Å². The van der Waals surface area contributed by atoms with Crippen molar-refractivity contribution in [3.63, 3.8) is 0 Å². The Labute approximate surface area is 169 Å². The molecule has 0 unspecified atom stereocenters. The molecule has 0 spiro atoms. The highest BCUT2D eigenvalue weighted by Gasteiger charge is 2.28. The average Bonchev–Trinajstić information content (AvgIpc) is 2.97. The molecule has 0 saturated heterocycles. The third kappa shape index (κ3) is 7.90. The van der Waals surface area contributed by atoms with Crippen molar-refractivity contribution in [2.45, 2.75) is 38.8 Å². The molecule has 6 N–H and O–H groups in total. The van der Waals surface area contributed by atoms with E-state index in [-0.39, 0.29) is 49.2 Å². The zero-order valence-electron chi connectivity index (χ0n) is 17.0. The zero-order valence-corrected chi connectivity index (χ0v) is 17.0. The van der Waals surface area contributed by atoms with Crippen LogP contribution in [0.1, 0.15) is 26.7 Å². The number of amides is 6. The van der Waals surface area contributed by atoms with Crippen molar-refractivity contribution in [2.24, 2.45) is 11.7 Å². The summed E-state index contributed by atoms with van der Waals surface area (Å²) in [5.41, 5.74) is 5.00. The van der Waals surface area contributed by atoms with Crippen LogP contribution in [0.5, 0.6) is 0 Å². The van der Waals surface area contributed by atoms with Gasteiger partial charge in [-0.2, -0.15) is 0 Å². The minimum absolute atomic E-state index is 0.0972. The fourth-order valence-electron chi connectivity index (χ4n) is 2.84. The SMILES string of the molecule is CNC(=O)[C@H](CCCNC(N)=O)NC(=O)[C@@H](NCCN1C(=O)C=CC1=O)C(C)C. The van der Waals surface area contributed by atoms with E-state index in [4.69, 9.17) is 5.73 Å². The number of nitrogens with zero attached hydrogens (tertiary/aromatic N) is 1. The normalized spacial score (nSPS) is 15.4. The summed E-state index contributed by atoms with van der Waals surface area (Å²) in [5.74, 6) is -1.58. The number of hydrogen-bond acceptors (Lipinski definition) is 6. The van der Waals surface area contributed by atoms with Crippen LogP contribution in [0.15, 0.2) is 12.2 Å². The van der Waals surface area contributed by atoms with E-state index in [1.807, 2.05) is 13.8 Å². The maximum Gasteiger partial charge on any atom is 0.312 e. The van der Waals surface area contributed by atoms with Gasteiger partial charge in [0.2, 0.25) is 11.8 Å². The van der Waals surface area contributed by atoms with Gasteiger partial charge in [-0.25, -0.2) is 4.79 Å². The fraction of sp³-hybridized carbons (Fsp3) is 0.611. The first kappa shape index (κ1) is 24.1. The number of imide groups is 1. The second-order valence-electron chi connectivity index (χ2n) is 6.95. The van der Waals surface area contributed by atoms with Crippen LogP contribution in [0.3, 0.4) is 0 Å². The van der Waals surface area contributed by atoms with E-state index in [1.165, 1.54) is 19.2 Å². The minimum Gasteiger partial charge on any atom is -0.357 e. The molecule has 1 rings (SSSR count). The third-order valence-corrected chi connectivity index (χ3v) is 4.40. The van der Waals surface area contributed by atoms with Crippen molar-refractivity contribution in [1.29, 1.82) is 0 Å². The van der Waals surface area contributed by atoms with Crippen LogP contribution < -0.4 is 27.0 Å². The summed E-state index contributed by atoms with van der Waals surface area (Å²) < 4.78 is 0. The lowest BCUT2D eigenvalue weighted by Crippen LogP contribution is -2.55. The molecule has 0 radical (unpaired) electrons. The molecule has 0 aliphatic carbocycles. The molecule has 0 bridgehead atoms. The predicted octanol–water partition coefficient (Wildman–Crippen LogP) is -1.80. The Kier molecular flexibility index (Phi) is 9.80. The summed E-state index contributed by atoms with van der Waals surface area (Å²) in [4.78, 5) is 59.8. The lowest BCUT2D eigenvalue weighted by Gasteiger charge is -2.26. The number of nitrogens with two attached hydrogens (primary N) is 1. The molecule has 1 aliphatic rings. The number of likely N-dealkylation sites (N-methyl/N-ethyl adjacent to an activating group) is 1. The van der Waals surface area contributed by atoms with Gasteiger partial charge < -0.3 is 27.0 Å². The van der Waals surface area contributed by atoms with Crippen molar-refractivity contribution >= 4 is 29.7 Å². The summed E-state index contributed by atoms with van der Waals surface area (Å²) in [6, 6.07) is -2.04. The first-order chi connectivity index (χ1) is 13.7. The molecule has 11 nitrogen and oxygen atoms in total. The summed E-state index contributed by atoms with van der Waals surface area (Å²) in [6.07, 6.45) is 3.18. The van der Waals surface area contributed by atoms with Crippen LogP contribution in [0.4, 0.5) is 4.79 Å². The van der Waals surface area contributed by atoms with Crippen molar-refractivity contribution in [3.8, 4) is 0 Å². The van der Waals surface area contributed by atoms with Gasteiger partial charge in [0.1, 0.15) is 6.04 Å². The number of hydrogen-bond donors (Lipinski definition) is 5. The maximum absolute atomic E-state index is 12.7. The average molecular weight is 410 g/mol. The number of urea groups is 1. The van der Waals surface area contributed by atoms with Gasteiger partial charge in [-0.1, -0.05) is 13.8 Å². The molecule has 0 aromatic heterocycles. The van der Waals surface area contributed by atoms with Crippen LogP contribution in [0, 0.1) is 5.92 Å². The monoisotopic (exact) mass is 410 g/mol. The van der Waals surface area contributed by atoms with Crippen LogP contribution in [0.25, 0.3) is 0 Å². The van der Waals surface area contributed by atoms with Crippen molar-refractivity contribution < 1.29 is 24.0 Å². The molecule has 2 atom stereocenters. The Bertz CT molecular complexity index is 645. The molecule has 0 aromatic rings. The molecule has 0 fully saturated rings. The van der Waals surface area contributed by atoms with E-state index in [0.717, 1.165) is 4.90 Å². The Morgan fingerprint density at radius 2 is 1.69 bits per heavy atom. The molecular weight excluding hydrogens is 380 g/mol. The van der Waals surface area contributed by atoms with Gasteiger partial charge in [-0.3, -0.25) is 24.1 Å². The number of rotatable bonds is 12. The van der Waals surface area contributed by atoms with Gasteiger partial charge in [-0.15, -0.1) is 0 Å². The van der Waals surface area contributed by atoms with Crippen molar-refractivity contribution in [3.05, 3.63) is 12.2 Å². The molecule has 0 aromatic carbocycles. The molecule has 0 saturated carbocycles. The minimum atomic E-state index is -0.767. The van der Waals surface area contributed by atoms with E-state index >= 15 is 0 Å². The first-order valence-electron chi connectivity index (χ1n) is 9.49. The van der Waals surface area contributed by atoms with Crippen LogP contribution >= 0.6 is 0 Å². The van der Waals surface area contributed by atoms with Gasteiger partial charge in [0.05, 0.1) is 6.04 Å². The molecule has 1 heterocycles. The number of primary amides is 1. The zero-order chi connectivity index (χ0) is 22.0. The van der Waals surface area contributed by atoms with Gasteiger partial charge in [-0.05, 0) is 18.8 Å². The highest BCUT2D eigenvalue weighted by molar-refractivity contribution is 6.12. The van der Waals surface area contributed by atoms with Gasteiger partial charge in [0, 0.05) is 38.8 Å². The second-order valence-corrected chi connectivity index (χ2v) is 6.95. The smallest absolute Gasteiger partial charge is 0.312 e. The lowest BCUT2D eigenvalue weighted by molar-refractivity contribution is -0.136. The topological polar surface area (TPSA) is 163 Å². The van der Waals surface area contributed by atoms with E-state index in [2.05, 4.69) is 21.3 Å². The molecule has 1 aliphatic heterocycles. The van der Waals surface area contributed by atoms with Crippen LogP contribution in [0.2, 0.25) is 0 Å². The Balaban J connectivity index is 2.60. The predicted molar refractivity (Wildman–Crippen MR) is 105 cm³/mol. The third-order valence-electron chi connectivity index (χ3n) is 4.40. The maximum atomic E-state index is 12.7. The molecular formula is C18H30N6O5. The summed E-state index contributed by atoms with van der Waals surface area (Å²) in [5, 5.41) is 10.7. The van der Waals surface area contributed by atoms with Gasteiger partial charge in [0.15, 0.2) is 0 Å². The Hall–Kier alpha value is -2.95. The van der Waals surface area contributed by atoms with E-state index in [0.29, 0.717) is 12.8 Å². The van der Waals surface area contributed by atoms with Crippen molar-refractivity contribution in [2.75, 3.05) is 26.7 Å². The number of carbonyl (C=O) groups is 5. The number of nitrogens with one attached hydrogen (secondary N) is 4. The highest BCUT2D eigenvalue weighted by atomic mass is 16.2. The lowest BCUT2D eigenvalue weighted by atomic mass is 10.0. The van der Waals surface area contributed by atoms with Crippen LogP contribution in [-0.4, -0.2) is 73.3 Å². The summed E-state index contributed by atoms with van der Waals surface area (Å²) in [6.45, 7) is 4.35. The standard InChI is InChI=1S/C18H30N6O5/c1-11(2)15(21-9-10-24-13(25)6-7-14(24)26)17(28)23-12(16(27)20-3)5-4-8-22-18(19)29/h6-7,11-12,15,21H,4-5,8-10H2,1-3H3,(H,20,27)(H,23,28)(H3,19,22,29)/t12-,15-/m0/s1.